The Morgan fingerprint density at radius 1 is 1.44 bits per heavy atom. The molecule has 0 atom stereocenters. The molecule has 0 aromatic carbocycles. The quantitative estimate of drug-likeness (QED) is 0.791. The van der Waals surface area contributed by atoms with Crippen LogP contribution in [-0.2, 0) is 6.42 Å². The van der Waals surface area contributed by atoms with Crippen LogP contribution in [-0.4, -0.2) is 19.2 Å². The lowest BCUT2D eigenvalue weighted by molar-refractivity contribution is 0.145. The molecule has 0 unspecified atom stereocenters. The van der Waals surface area contributed by atoms with Crippen LogP contribution in [0.5, 0.6) is 11.5 Å². The van der Waals surface area contributed by atoms with Gasteiger partial charge in [-0.25, -0.2) is 13.8 Å². The van der Waals surface area contributed by atoms with Gasteiger partial charge in [0.2, 0.25) is 0 Å². The molecule has 0 aliphatic rings. The standard InChI is InChI=1S/C10H10F2N2O2/c1-15-8-5-7(10(11)12)14-6(3-4-13)9(8)16-2/h5,10H,3H2,1-2H3. The third-order valence-electron chi connectivity index (χ3n) is 1.92. The van der Waals surface area contributed by atoms with Crippen molar-refractivity contribution in [1.29, 1.82) is 5.26 Å². The Kier molecular flexibility index (Phi) is 4.00. The second-order valence-electron chi connectivity index (χ2n) is 2.86. The summed E-state index contributed by atoms with van der Waals surface area (Å²) in [4.78, 5) is 3.66. The van der Waals surface area contributed by atoms with Gasteiger partial charge in [-0.2, -0.15) is 5.26 Å². The van der Waals surface area contributed by atoms with E-state index in [-0.39, 0.29) is 23.6 Å². The Hall–Kier alpha value is -1.90. The van der Waals surface area contributed by atoms with E-state index in [4.69, 9.17) is 14.7 Å². The zero-order valence-electron chi connectivity index (χ0n) is 8.83. The van der Waals surface area contributed by atoms with Gasteiger partial charge in [0.15, 0.2) is 11.5 Å². The lowest BCUT2D eigenvalue weighted by Gasteiger charge is -2.12. The number of nitrogens with zero attached hydrogens (tertiary/aromatic N) is 2. The third kappa shape index (κ3) is 2.37. The predicted molar refractivity (Wildman–Crippen MR) is 51.6 cm³/mol. The molecule has 1 heterocycles. The van der Waals surface area contributed by atoms with E-state index < -0.39 is 12.1 Å². The van der Waals surface area contributed by atoms with E-state index in [1.165, 1.54) is 14.2 Å². The van der Waals surface area contributed by atoms with E-state index in [2.05, 4.69) is 4.98 Å². The van der Waals surface area contributed by atoms with Gasteiger partial charge in [0, 0.05) is 6.07 Å². The number of methoxy groups -OCH3 is 2. The van der Waals surface area contributed by atoms with Crippen LogP contribution in [0.2, 0.25) is 0 Å². The van der Waals surface area contributed by atoms with Crippen LogP contribution in [0.1, 0.15) is 17.8 Å². The lowest BCUT2D eigenvalue weighted by atomic mass is 10.2. The van der Waals surface area contributed by atoms with Gasteiger partial charge >= 0.3 is 0 Å². The van der Waals surface area contributed by atoms with Gasteiger partial charge in [-0.3, -0.25) is 0 Å². The van der Waals surface area contributed by atoms with E-state index in [1.807, 2.05) is 6.07 Å². The molecule has 0 spiro atoms. The van der Waals surface area contributed by atoms with Crippen molar-refractivity contribution in [3.05, 3.63) is 17.5 Å². The number of rotatable bonds is 4. The molecule has 0 radical (unpaired) electrons. The molecule has 1 rings (SSSR count). The molecular weight excluding hydrogens is 218 g/mol. The minimum absolute atomic E-state index is 0.111. The predicted octanol–water partition coefficient (Wildman–Crippen LogP) is 2.10. The Balaban J connectivity index is 3.32. The van der Waals surface area contributed by atoms with Crippen LogP contribution in [0.3, 0.4) is 0 Å². The summed E-state index contributed by atoms with van der Waals surface area (Å²) in [6.45, 7) is 0. The Labute approximate surface area is 91.4 Å². The minimum Gasteiger partial charge on any atom is -0.493 e. The van der Waals surface area contributed by atoms with Gasteiger partial charge in [0.1, 0.15) is 11.4 Å². The first kappa shape index (κ1) is 12.2. The monoisotopic (exact) mass is 228 g/mol. The van der Waals surface area contributed by atoms with Gasteiger partial charge in [-0.05, 0) is 0 Å². The summed E-state index contributed by atoms with van der Waals surface area (Å²) in [7, 11) is 2.70. The number of nitriles is 1. The van der Waals surface area contributed by atoms with Crippen LogP contribution in [0, 0.1) is 11.3 Å². The average Bonchev–Trinajstić information content (AvgIpc) is 2.28. The van der Waals surface area contributed by atoms with E-state index in [0.717, 1.165) is 6.07 Å². The van der Waals surface area contributed by atoms with E-state index >= 15 is 0 Å². The van der Waals surface area contributed by atoms with Gasteiger partial charge in [-0.15, -0.1) is 0 Å². The molecule has 86 valence electrons. The molecule has 1 aromatic rings. The highest BCUT2D eigenvalue weighted by atomic mass is 19.3. The van der Waals surface area contributed by atoms with Crippen molar-refractivity contribution in [2.24, 2.45) is 0 Å². The number of aromatic nitrogens is 1. The smallest absolute Gasteiger partial charge is 0.280 e. The van der Waals surface area contributed by atoms with Crippen LogP contribution in [0.25, 0.3) is 0 Å². The number of hydrogen-bond acceptors (Lipinski definition) is 4. The molecule has 0 saturated heterocycles. The maximum atomic E-state index is 12.5. The fraction of sp³-hybridized carbons (Fsp3) is 0.400. The molecular formula is C10H10F2N2O2. The minimum atomic E-state index is -2.71. The van der Waals surface area contributed by atoms with Crippen molar-refractivity contribution in [3.63, 3.8) is 0 Å². The van der Waals surface area contributed by atoms with Crippen LogP contribution >= 0.6 is 0 Å². The molecule has 0 bridgehead atoms. The molecule has 0 aliphatic heterocycles. The van der Waals surface area contributed by atoms with Crippen molar-refractivity contribution in [2.45, 2.75) is 12.8 Å². The SMILES string of the molecule is COc1cc(C(F)F)nc(CC#N)c1OC. The molecule has 0 N–H and O–H groups in total. The van der Waals surface area contributed by atoms with Crippen molar-refractivity contribution >= 4 is 0 Å². The summed E-state index contributed by atoms with van der Waals surface area (Å²) in [5.41, 5.74) is -0.275. The summed E-state index contributed by atoms with van der Waals surface area (Å²) < 4.78 is 34.9. The highest BCUT2D eigenvalue weighted by Gasteiger charge is 2.18. The van der Waals surface area contributed by atoms with Crippen LogP contribution in [0.4, 0.5) is 8.78 Å². The number of hydrogen-bond donors (Lipinski definition) is 0. The van der Waals surface area contributed by atoms with Crippen molar-refractivity contribution in [1.82, 2.24) is 4.98 Å². The summed E-state index contributed by atoms with van der Waals surface area (Å²) >= 11 is 0. The summed E-state index contributed by atoms with van der Waals surface area (Å²) in [5.74, 6) is 0.367. The third-order valence-corrected chi connectivity index (χ3v) is 1.92. The zero-order chi connectivity index (χ0) is 12.1. The summed E-state index contributed by atoms with van der Waals surface area (Å²) in [5, 5.41) is 8.56. The Morgan fingerprint density at radius 2 is 2.12 bits per heavy atom. The second-order valence-corrected chi connectivity index (χ2v) is 2.86. The molecule has 0 saturated carbocycles. The highest BCUT2D eigenvalue weighted by Crippen LogP contribution is 2.33. The van der Waals surface area contributed by atoms with E-state index in [1.54, 1.807) is 0 Å². The first-order valence-electron chi connectivity index (χ1n) is 4.41. The molecule has 16 heavy (non-hydrogen) atoms. The van der Waals surface area contributed by atoms with Gasteiger partial charge < -0.3 is 9.47 Å². The zero-order valence-corrected chi connectivity index (χ0v) is 8.83. The summed E-state index contributed by atoms with van der Waals surface area (Å²) in [6, 6.07) is 2.93. The Morgan fingerprint density at radius 3 is 2.56 bits per heavy atom. The largest absolute Gasteiger partial charge is 0.493 e. The second kappa shape index (κ2) is 5.26. The molecule has 1 aromatic heterocycles. The highest BCUT2D eigenvalue weighted by molar-refractivity contribution is 5.45. The number of pyridine rings is 1. The average molecular weight is 228 g/mol. The lowest BCUT2D eigenvalue weighted by Crippen LogP contribution is -2.02. The fourth-order valence-corrected chi connectivity index (χ4v) is 1.26. The maximum absolute atomic E-state index is 12.5. The van der Waals surface area contributed by atoms with Crippen molar-refractivity contribution in [3.8, 4) is 17.6 Å². The van der Waals surface area contributed by atoms with Gasteiger partial charge in [0.05, 0.1) is 26.7 Å². The van der Waals surface area contributed by atoms with E-state index in [0.29, 0.717) is 0 Å². The first-order valence-corrected chi connectivity index (χ1v) is 4.41. The normalized spacial score (nSPS) is 10.0. The first-order chi connectivity index (χ1) is 7.63. The molecule has 0 fully saturated rings. The van der Waals surface area contributed by atoms with Gasteiger partial charge in [0.25, 0.3) is 6.43 Å². The number of alkyl halides is 2. The van der Waals surface area contributed by atoms with Crippen molar-refractivity contribution < 1.29 is 18.3 Å². The van der Waals surface area contributed by atoms with Crippen LogP contribution < -0.4 is 9.47 Å². The number of ether oxygens (including phenoxy) is 2. The van der Waals surface area contributed by atoms with Crippen molar-refractivity contribution in [2.75, 3.05) is 14.2 Å². The molecule has 0 amide bonds. The fourth-order valence-electron chi connectivity index (χ4n) is 1.26. The van der Waals surface area contributed by atoms with Crippen LogP contribution in [0.15, 0.2) is 6.07 Å². The topological polar surface area (TPSA) is 55.1 Å². The summed E-state index contributed by atoms with van der Waals surface area (Å²) in [6.07, 6.45) is -2.82. The molecule has 6 heteroatoms. The van der Waals surface area contributed by atoms with Gasteiger partial charge in [-0.1, -0.05) is 0 Å². The molecule has 4 nitrogen and oxygen atoms in total. The van der Waals surface area contributed by atoms with E-state index in [9.17, 15) is 8.78 Å². The molecule has 0 aliphatic carbocycles. The maximum Gasteiger partial charge on any atom is 0.280 e. The Bertz CT molecular complexity index is 416. The number of halogens is 2.